The zero-order valence-corrected chi connectivity index (χ0v) is 17.9. The van der Waals surface area contributed by atoms with Gasteiger partial charge in [0.25, 0.3) is 0 Å². The molecule has 3 atom stereocenters. The fourth-order valence-corrected chi connectivity index (χ4v) is 4.00. The van der Waals surface area contributed by atoms with Crippen LogP contribution < -0.4 is 10.8 Å². The van der Waals surface area contributed by atoms with E-state index in [0.29, 0.717) is 31.4 Å². The summed E-state index contributed by atoms with van der Waals surface area (Å²) in [5.74, 6) is 0.844. The number of aliphatic hydroxyl groups excluding tert-OH is 1. The molecule has 0 bridgehead atoms. The lowest BCUT2D eigenvalue weighted by atomic mass is 10.0. The van der Waals surface area contributed by atoms with E-state index in [1.165, 1.54) is 0 Å². The van der Waals surface area contributed by atoms with Crippen LogP contribution in [-0.4, -0.2) is 52.8 Å². The molecule has 0 saturated carbocycles. The van der Waals surface area contributed by atoms with Gasteiger partial charge in [-0.2, -0.15) is 11.8 Å². The first-order valence-electron chi connectivity index (χ1n) is 10.4. The highest BCUT2D eigenvalue weighted by molar-refractivity contribution is 7.99. The van der Waals surface area contributed by atoms with Crippen molar-refractivity contribution in [3.63, 3.8) is 0 Å². The fourth-order valence-electron chi connectivity index (χ4n) is 3.23. The summed E-state index contributed by atoms with van der Waals surface area (Å²) in [5.41, 5.74) is 2.66. The number of nitrogens with one attached hydrogen (secondary N) is 2. The quantitative estimate of drug-likeness (QED) is 0.211. The number of hydroxylamine groups is 1. The van der Waals surface area contributed by atoms with Crippen molar-refractivity contribution in [1.29, 1.82) is 0 Å². The van der Waals surface area contributed by atoms with Crippen molar-refractivity contribution < 1.29 is 29.4 Å². The maximum atomic E-state index is 12.3. The second-order valence-electron chi connectivity index (χ2n) is 7.18. The van der Waals surface area contributed by atoms with E-state index >= 15 is 0 Å². The predicted molar refractivity (Wildman–Crippen MR) is 114 cm³/mol. The highest BCUT2D eigenvalue weighted by Crippen LogP contribution is 2.31. The van der Waals surface area contributed by atoms with E-state index in [2.05, 4.69) is 5.32 Å². The maximum Gasteiger partial charge on any atom is 0.243 e. The van der Waals surface area contributed by atoms with Gasteiger partial charge < -0.3 is 19.9 Å². The fraction of sp³-hybridized carbons (Fsp3) is 0.619. The maximum absolute atomic E-state index is 12.3. The minimum Gasteiger partial charge on any atom is -0.396 e. The van der Waals surface area contributed by atoms with E-state index in [0.717, 1.165) is 24.2 Å². The Labute approximate surface area is 181 Å². The van der Waals surface area contributed by atoms with Crippen LogP contribution in [-0.2, 0) is 19.1 Å². The van der Waals surface area contributed by atoms with Crippen molar-refractivity contribution in [2.45, 2.75) is 63.6 Å². The van der Waals surface area contributed by atoms with Gasteiger partial charge in [0.1, 0.15) is 0 Å². The van der Waals surface area contributed by atoms with Gasteiger partial charge in [-0.05, 0) is 18.4 Å². The van der Waals surface area contributed by atoms with E-state index in [-0.39, 0.29) is 37.0 Å². The first-order chi connectivity index (χ1) is 14.6. The number of carbonyl (C=O) groups is 2. The Morgan fingerprint density at radius 3 is 2.40 bits per heavy atom. The van der Waals surface area contributed by atoms with E-state index in [9.17, 15) is 9.59 Å². The van der Waals surface area contributed by atoms with Crippen LogP contribution in [0.15, 0.2) is 30.3 Å². The zero-order chi connectivity index (χ0) is 21.6. The van der Waals surface area contributed by atoms with E-state index < -0.39 is 6.41 Å². The third-order valence-corrected chi connectivity index (χ3v) is 5.83. The van der Waals surface area contributed by atoms with Gasteiger partial charge in [-0.3, -0.25) is 14.8 Å². The van der Waals surface area contributed by atoms with Crippen LogP contribution in [0.25, 0.3) is 0 Å². The molecule has 0 aromatic heterocycles. The summed E-state index contributed by atoms with van der Waals surface area (Å²) in [6.07, 6.45) is 3.30. The van der Waals surface area contributed by atoms with Gasteiger partial charge in [0.05, 0.1) is 18.8 Å². The van der Waals surface area contributed by atoms with Gasteiger partial charge in [0, 0.05) is 30.8 Å². The lowest BCUT2D eigenvalue weighted by Gasteiger charge is -2.36. The van der Waals surface area contributed by atoms with E-state index in [1.807, 2.05) is 30.3 Å². The lowest BCUT2D eigenvalue weighted by molar-refractivity contribution is -0.251. The molecule has 30 heavy (non-hydrogen) atoms. The van der Waals surface area contributed by atoms with Crippen LogP contribution in [0.5, 0.6) is 0 Å². The second-order valence-corrected chi connectivity index (χ2v) is 8.33. The summed E-state index contributed by atoms with van der Waals surface area (Å²) >= 11 is 1.62. The van der Waals surface area contributed by atoms with E-state index in [1.54, 1.807) is 17.2 Å². The molecule has 8 nitrogen and oxygen atoms in total. The average molecular weight is 441 g/mol. The molecule has 3 unspecified atom stereocenters. The topological polar surface area (TPSA) is 117 Å². The lowest BCUT2D eigenvalue weighted by Crippen LogP contribution is -2.46. The highest BCUT2D eigenvalue weighted by Gasteiger charge is 2.31. The standard InChI is InChI=1S/C21H32N2O6S/c24-12-13-30-15-17-14-18(16-8-4-3-5-9-16)29-21(28-17)22-19(25)10-6-1-2-7-11-20(26)23-27/h3-5,8-9,17-18,21,24,27H,1-2,6-7,10-15H2,(H,22,25)(H,23,26). The number of ether oxygens (including phenoxy) is 2. The van der Waals surface area contributed by atoms with Gasteiger partial charge >= 0.3 is 0 Å². The van der Waals surface area contributed by atoms with Crippen LogP contribution in [0.3, 0.4) is 0 Å². The number of hydrogen-bond acceptors (Lipinski definition) is 7. The Morgan fingerprint density at radius 1 is 1.03 bits per heavy atom. The monoisotopic (exact) mass is 440 g/mol. The smallest absolute Gasteiger partial charge is 0.243 e. The first kappa shape index (κ1) is 24.6. The summed E-state index contributed by atoms with van der Waals surface area (Å²) in [5, 5.41) is 20.3. The number of thioether (sulfide) groups is 1. The molecular weight excluding hydrogens is 408 g/mol. The molecule has 4 N–H and O–H groups in total. The summed E-state index contributed by atoms with van der Waals surface area (Å²) in [6, 6.07) is 9.88. The molecule has 1 fully saturated rings. The number of rotatable bonds is 13. The van der Waals surface area contributed by atoms with Gasteiger partial charge in [-0.1, -0.05) is 43.2 Å². The van der Waals surface area contributed by atoms with Crippen molar-refractivity contribution in [2.75, 3.05) is 18.1 Å². The summed E-state index contributed by atoms with van der Waals surface area (Å²) in [4.78, 5) is 23.2. The first-order valence-corrected chi connectivity index (χ1v) is 11.5. The Morgan fingerprint density at radius 2 is 1.73 bits per heavy atom. The van der Waals surface area contributed by atoms with Gasteiger partial charge in [0.15, 0.2) is 0 Å². The largest absolute Gasteiger partial charge is 0.396 e. The van der Waals surface area contributed by atoms with Crippen molar-refractivity contribution in [3.8, 4) is 0 Å². The zero-order valence-electron chi connectivity index (χ0n) is 17.1. The molecule has 1 saturated heterocycles. The van der Waals surface area contributed by atoms with Crippen molar-refractivity contribution >= 4 is 23.6 Å². The van der Waals surface area contributed by atoms with Gasteiger partial charge in [-0.15, -0.1) is 0 Å². The van der Waals surface area contributed by atoms with Crippen LogP contribution in [0, 0.1) is 0 Å². The number of benzene rings is 1. The minimum absolute atomic E-state index is 0.0801. The molecule has 9 heteroatoms. The number of unbranched alkanes of at least 4 members (excludes halogenated alkanes) is 3. The molecule has 1 aromatic carbocycles. The molecule has 1 heterocycles. The number of amides is 2. The molecule has 2 rings (SSSR count). The molecule has 0 spiro atoms. The van der Waals surface area contributed by atoms with Crippen molar-refractivity contribution in [3.05, 3.63) is 35.9 Å². The Bertz CT molecular complexity index is 633. The van der Waals surface area contributed by atoms with Crippen LogP contribution in [0.4, 0.5) is 0 Å². The Balaban J connectivity index is 1.77. The highest BCUT2D eigenvalue weighted by atomic mass is 32.2. The molecule has 168 valence electrons. The Hall–Kier alpha value is -1.65. The third kappa shape index (κ3) is 9.44. The number of hydrogen-bond donors (Lipinski definition) is 4. The van der Waals surface area contributed by atoms with E-state index in [4.69, 9.17) is 19.8 Å². The summed E-state index contributed by atoms with van der Waals surface area (Å²) < 4.78 is 11.9. The molecule has 2 amide bonds. The van der Waals surface area contributed by atoms with Crippen LogP contribution >= 0.6 is 11.8 Å². The van der Waals surface area contributed by atoms with Crippen LogP contribution in [0.1, 0.15) is 56.6 Å². The van der Waals surface area contributed by atoms with Gasteiger partial charge in [0.2, 0.25) is 18.2 Å². The van der Waals surface area contributed by atoms with Crippen molar-refractivity contribution in [1.82, 2.24) is 10.8 Å². The third-order valence-electron chi connectivity index (χ3n) is 4.75. The van der Waals surface area contributed by atoms with Crippen molar-refractivity contribution in [2.24, 2.45) is 0 Å². The molecule has 1 aliphatic heterocycles. The summed E-state index contributed by atoms with van der Waals surface area (Å²) in [6.45, 7) is 0.126. The predicted octanol–water partition coefficient (Wildman–Crippen LogP) is 2.50. The summed E-state index contributed by atoms with van der Waals surface area (Å²) in [7, 11) is 0. The molecule has 0 aliphatic carbocycles. The van der Waals surface area contributed by atoms with Gasteiger partial charge in [-0.25, -0.2) is 5.48 Å². The number of aliphatic hydroxyl groups is 1. The minimum atomic E-state index is -0.801. The van der Waals surface area contributed by atoms with Crippen LogP contribution in [0.2, 0.25) is 0 Å². The molecule has 0 radical (unpaired) electrons. The Kier molecular flexibility index (Phi) is 11.8. The molecular formula is C21H32N2O6S. The number of carbonyl (C=O) groups excluding carboxylic acids is 2. The molecule has 1 aromatic rings. The second kappa shape index (κ2) is 14.4. The SMILES string of the molecule is O=C(CCCCCCC(=O)NC1OC(CSCCO)CC(c2ccccc2)O1)NO. The molecule has 1 aliphatic rings. The normalized spacial score (nSPS) is 21.2. The average Bonchev–Trinajstić information content (AvgIpc) is 2.76.